The fourth-order valence-corrected chi connectivity index (χ4v) is 2.88. The lowest BCUT2D eigenvalue weighted by Crippen LogP contribution is -2.14. The van der Waals surface area contributed by atoms with E-state index >= 15 is 0 Å². The van der Waals surface area contributed by atoms with Crippen LogP contribution in [0.1, 0.15) is 0 Å². The van der Waals surface area contributed by atoms with Crippen molar-refractivity contribution in [1.29, 1.82) is 5.26 Å². The number of ether oxygens (including phenoxy) is 2. The van der Waals surface area contributed by atoms with E-state index in [1.54, 1.807) is 54.6 Å². The fraction of sp³-hybridized carbons (Fsp3) is 0.0476. The van der Waals surface area contributed by atoms with Crippen molar-refractivity contribution in [2.75, 3.05) is 17.4 Å². The number of phenols is 1. The molecule has 0 unspecified atom stereocenters. The number of rotatable bonds is 4. The van der Waals surface area contributed by atoms with Gasteiger partial charge in [0, 0.05) is 34.4 Å². The Morgan fingerprint density at radius 3 is 2.71 bits per heavy atom. The molecule has 0 radical (unpaired) electrons. The van der Waals surface area contributed by atoms with Crippen LogP contribution in [0, 0.1) is 11.3 Å². The first-order chi connectivity index (χ1) is 13.7. The van der Waals surface area contributed by atoms with Crippen LogP contribution in [0.2, 0.25) is 0 Å². The summed E-state index contributed by atoms with van der Waals surface area (Å²) < 4.78 is 10.6. The molecule has 7 heteroatoms. The first-order valence-corrected chi connectivity index (χ1v) is 8.44. The third-order valence-electron chi connectivity index (χ3n) is 4.27. The van der Waals surface area contributed by atoms with Crippen LogP contribution in [-0.4, -0.2) is 17.8 Å². The number of hydrogen-bond donors (Lipinski definition) is 3. The zero-order chi connectivity index (χ0) is 19.5. The molecule has 3 aromatic carbocycles. The monoisotopic (exact) mass is 373 g/mol. The Balaban J connectivity index is 1.54. The number of anilines is 2. The van der Waals surface area contributed by atoms with E-state index < -0.39 is 5.91 Å². The summed E-state index contributed by atoms with van der Waals surface area (Å²) in [7, 11) is 0. The second-order valence-electron chi connectivity index (χ2n) is 6.01. The molecule has 3 aromatic rings. The van der Waals surface area contributed by atoms with Crippen molar-refractivity contribution in [3.63, 3.8) is 0 Å². The van der Waals surface area contributed by atoms with E-state index in [1.807, 2.05) is 6.07 Å². The van der Waals surface area contributed by atoms with Gasteiger partial charge in [0.05, 0.1) is 0 Å². The molecular formula is C21H15N3O4. The number of amides is 1. The van der Waals surface area contributed by atoms with Crippen molar-refractivity contribution in [1.82, 2.24) is 0 Å². The van der Waals surface area contributed by atoms with Gasteiger partial charge in [-0.3, -0.25) is 4.79 Å². The van der Waals surface area contributed by atoms with Gasteiger partial charge in [-0.15, -0.1) is 0 Å². The number of nitrogens with zero attached hydrogens (tertiary/aromatic N) is 1. The Labute approximate surface area is 160 Å². The quantitative estimate of drug-likeness (QED) is 0.476. The van der Waals surface area contributed by atoms with E-state index in [0.29, 0.717) is 33.6 Å². The van der Waals surface area contributed by atoms with Crippen molar-refractivity contribution in [3.8, 4) is 23.3 Å². The molecule has 1 heterocycles. The second-order valence-corrected chi connectivity index (χ2v) is 6.01. The summed E-state index contributed by atoms with van der Waals surface area (Å²) in [5.74, 6) is 0.796. The van der Waals surface area contributed by atoms with Gasteiger partial charge in [-0.25, -0.2) is 0 Å². The first kappa shape index (κ1) is 17.2. The average molecular weight is 373 g/mol. The maximum atomic E-state index is 12.5. The van der Waals surface area contributed by atoms with Crippen LogP contribution in [0.3, 0.4) is 0 Å². The van der Waals surface area contributed by atoms with Crippen LogP contribution < -0.4 is 20.1 Å². The van der Waals surface area contributed by atoms with Crippen molar-refractivity contribution in [3.05, 3.63) is 66.4 Å². The predicted molar refractivity (Wildman–Crippen MR) is 104 cm³/mol. The minimum atomic E-state index is -0.563. The van der Waals surface area contributed by atoms with E-state index in [4.69, 9.17) is 9.47 Å². The first-order valence-electron chi connectivity index (χ1n) is 8.44. The Morgan fingerprint density at radius 2 is 1.86 bits per heavy atom. The zero-order valence-corrected chi connectivity index (χ0v) is 14.6. The van der Waals surface area contributed by atoms with Crippen LogP contribution in [0.5, 0.6) is 17.2 Å². The van der Waals surface area contributed by atoms with E-state index in [2.05, 4.69) is 10.6 Å². The molecule has 0 aliphatic carbocycles. The Morgan fingerprint density at radius 1 is 1.07 bits per heavy atom. The Hall–Kier alpha value is -4.18. The summed E-state index contributed by atoms with van der Waals surface area (Å²) in [6.45, 7) is 0.168. The van der Waals surface area contributed by atoms with E-state index in [0.717, 1.165) is 0 Å². The van der Waals surface area contributed by atoms with Crippen molar-refractivity contribution < 1.29 is 19.4 Å². The number of benzene rings is 3. The highest BCUT2D eigenvalue weighted by atomic mass is 16.7. The summed E-state index contributed by atoms with van der Waals surface area (Å²) >= 11 is 0. The van der Waals surface area contributed by atoms with Gasteiger partial charge >= 0.3 is 0 Å². The average Bonchev–Trinajstić information content (AvgIpc) is 3.17. The summed E-state index contributed by atoms with van der Waals surface area (Å²) in [5.41, 5.74) is 1.05. The molecule has 28 heavy (non-hydrogen) atoms. The Bertz CT molecular complexity index is 1150. The Kier molecular flexibility index (Phi) is 4.44. The molecule has 0 atom stereocenters. The molecule has 138 valence electrons. The minimum absolute atomic E-state index is 0.102. The van der Waals surface area contributed by atoms with E-state index in [1.165, 1.54) is 6.20 Å². The number of fused-ring (bicyclic) bond motifs is 2. The third-order valence-corrected chi connectivity index (χ3v) is 4.27. The van der Waals surface area contributed by atoms with Crippen LogP contribution >= 0.6 is 0 Å². The van der Waals surface area contributed by atoms with E-state index in [9.17, 15) is 15.2 Å². The standard InChI is InChI=1S/C21H15N3O4/c22-10-13(11-23-14-7-8-19-20(9-14)28-12-27-19)21(26)24-17-5-1-4-16-15(17)3-2-6-18(16)25/h1-9,11,23,25H,12H2,(H,24,26)/b13-11-. The molecule has 0 fully saturated rings. The van der Waals surface area contributed by atoms with Crippen molar-refractivity contribution in [2.24, 2.45) is 0 Å². The lowest BCUT2D eigenvalue weighted by Gasteiger charge is -2.09. The molecule has 1 amide bonds. The number of hydrogen-bond acceptors (Lipinski definition) is 6. The summed E-state index contributed by atoms with van der Waals surface area (Å²) in [5, 5.41) is 26.2. The van der Waals surface area contributed by atoms with Gasteiger partial charge in [0.15, 0.2) is 11.5 Å². The van der Waals surface area contributed by atoms with Gasteiger partial charge in [0.2, 0.25) is 6.79 Å². The molecule has 0 aromatic heterocycles. The highest BCUT2D eigenvalue weighted by molar-refractivity contribution is 6.11. The smallest absolute Gasteiger partial charge is 0.267 e. The number of aromatic hydroxyl groups is 1. The third kappa shape index (κ3) is 3.27. The minimum Gasteiger partial charge on any atom is -0.507 e. The number of nitriles is 1. The second kappa shape index (κ2) is 7.21. The summed E-state index contributed by atoms with van der Waals surface area (Å²) in [4.78, 5) is 12.5. The molecule has 7 nitrogen and oxygen atoms in total. The molecule has 0 saturated carbocycles. The van der Waals surface area contributed by atoms with Crippen LogP contribution in [-0.2, 0) is 4.79 Å². The van der Waals surface area contributed by atoms with Gasteiger partial charge < -0.3 is 25.2 Å². The van der Waals surface area contributed by atoms with Gasteiger partial charge in [0.25, 0.3) is 5.91 Å². The SMILES string of the molecule is N#C/C(=C/Nc1ccc2c(c1)OCO2)C(=O)Nc1cccc2c(O)cccc12. The van der Waals surface area contributed by atoms with Crippen LogP contribution in [0.4, 0.5) is 11.4 Å². The van der Waals surface area contributed by atoms with Gasteiger partial charge in [-0.05, 0) is 24.3 Å². The molecule has 3 N–H and O–H groups in total. The number of phenolic OH excluding ortho intramolecular Hbond substituents is 1. The van der Waals surface area contributed by atoms with Gasteiger partial charge in [-0.1, -0.05) is 24.3 Å². The normalized spacial score (nSPS) is 12.5. The largest absolute Gasteiger partial charge is 0.507 e. The van der Waals surface area contributed by atoms with Crippen LogP contribution in [0.15, 0.2) is 66.4 Å². The zero-order valence-electron chi connectivity index (χ0n) is 14.6. The van der Waals surface area contributed by atoms with Crippen LogP contribution in [0.25, 0.3) is 10.8 Å². The molecule has 0 saturated heterocycles. The number of carbonyl (C=O) groups is 1. The van der Waals surface area contributed by atoms with Gasteiger partial charge in [0.1, 0.15) is 17.4 Å². The molecular weight excluding hydrogens is 358 g/mol. The molecule has 4 rings (SSSR count). The number of nitrogens with one attached hydrogen (secondary N) is 2. The van der Waals surface area contributed by atoms with Crippen molar-refractivity contribution in [2.45, 2.75) is 0 Å². The fourth-order valence-electron chi connectivity index (χ4n) is 2.88. The van der Waals surface area contributed by atoms with Crippen molar-refractivity contribution >= 4 is 28.1 Å². The lowest BCUT2D eigenvalue weighted by atomic mass is 10.1. The molecule has 1 aliphatic rings. The lowest BCUT2D eigenvalue weighted by molar-refractivity contribution is -0.112. The summed E-state index contributed by atoms with van der Waals surface area (Å²) in [6.07, 6.45) is 1.33. The molecule has 0 spiro atoms. The molecule has 1 aliphatic heterocycles. The topological polar surface area (TPSA) is 104 Å². The highest BCUT2D eigenvalue weighted by Gasteiger charge is 2.14. The van der Waals surface area contributed by atoms with Gasteiger partial charge in [-0.2, -0.15) is 5.26 Å². The highest BCUT2D eigenvalue weighted by Crippen LogP contribution is 2.34. The maximum Gasteiger partial charge on any atom is 0.267 e. The van der Waals surface area contributed by atoms with E-state index in [-0.39, 0.29) is 18.1 Å². The predicted octanol–water partition coefficient (Wildman–Crippen LogP) is 3.73. The summed E-state index contributed by atoms with van der Waals surface area (Å²) in [6, 6.07) is 17.3. The number of carbonyl (C=O) groups excluding carboxylic acids is 1. The maximum absolute atomic E-state index is 12.5. The molecule has 0 bridgehead atoms.